The van der Waals surface area contributed by atoms with Crippen LogP contribution in [-0.2, 0) is 6.18 Å². The standard InChI is InChI=1S/C14H13ClF3N3O/c1-8(2)22-13-20-11(15)7-12(21-13)19-10-5-3-9(4-6-10)14(16,17)18/h3-8H,1-2H3,(H,19,20,21). The van der Waals surface area contributed by atoms with Gasteiger partial charge in [-0.25, -0.2) is 0 Å². The lowest BCUT2D eigenvalue weighted by molar-refractivity contribution is -0.137. The molecule has 0 aliphatic heterocycles. The average Bonchev–Trinajstić information content (AvgIpc) is 2.36. The Kier molecular flexibility index (Phi) is 4.75. The van der Waals surface area contributed by atoms with Crippen LogP contribution in [0.3, 0.4) is 0 Å². The third-order valence-corrected chi connectivity index (χ3v) is 2.69. The normalized spacial score (nSPS) is 11.6. The summed E-state index contributed by atoms with van der Waals surface area (Å²) >= 11 is 5.86. The van der Waals surface area contributed by atoms with E-state index in [1.54, 1.807) is 0 Å². The van der Waals surface area contributed by atoms with Crippen LogP contribution < -0.4 is 10.1 Å². The first-order chi connectivity index (χ1) is 10.2. The van der Waals surface area contributed by atoms with Crippen LogP contribution in [0.2, 0.25) is 5.15 Å². The molecule has 1 aromatic carbocycles. The molecule has 0 radical (unpaired) electrons. The Morgan fingerprint density at radius 3 is 2.32 bits per heavy atom. The van der Waals surface area contributed by atoms with Crippen LogP contribution in [0.5, 0.6) is 6.01 Å². The minimum Gasteiger partial charge on any atom is -0.461 e. The van der Waals surface area contributed by atoms with Crippen LogP contribution in [0, 0.1) is 0 Å². The van der Waals surface area contributed by atoms with E-state index in [0.29, 0.717) is 11.5 Å². The van der Waals surface area contributed by atoms with Crippen LogP contribution in [0.25, 0.3) is 0 Å². The molecule has 0 unspecified atom stereocenters. The van der Waals surface area contributed by atoms with E-state index in [0.717, 1.165) is 12.1 Å². The summed E-state index contributed by atoms with van der Waals surface area (Å²) < 4.78 is 42.8. The van der Waals surface area contributed by atoms with Crippen molar-refractivity contribution < 1.29 is 17.9 Å². The van der Waals surface area contributed by atoms with E-state index in [9.17, 15) is 13.2 Å². The van der Waals surface area contributed by atoms with Gasteiger partial charge in [-0.1, -0.05) is 11.6 Å². The summed E-state index contributed by atoms with van der Waals surface area (Å²) in [6, 6.07) is 6.13. The topological polar surface area (TPSA) is 47.0 Å². The molecule has 0 bridgehead atoms. The Morgan fingerprint density at radius 1 is 1.14 bits per heavy atom. The van der Waals surface area contributed by atoms with Gasteiger partial charge in [0.2, 0.25) is 0 Å². The zero-order valence-corrected chi connectivity index (χ0v) is 12.5. The maximum Gasteiger partial charge on any atom is 0.416 e. The van der Waals surface area contributed by atoms with Gasteiger partial charge in [0, 0.05) is 11.8 Å². The van der Waals surface area contributed by atoms with Gasteiger partial charge < -0.3 is 10.1 Å². The molecule has 118 valence electrons. The van der Waals surface area contributed by atoms with Gasteiger partial charge >= 0.3 is 12.2 Å². The van der Waals surface area contributed by atoms with Crippen molar-refractivity contribution in [1.82, 2.24) is 9.97 Å². The van der Waals surface area contributed by atoms with E-state index >= 15 is 0 Å². The average molecular weight is 332 g/mol. The van der Waals surface area contributed by atoms with E-state index in [-0.39, 0.29) is 17.3 Å². The van der Waals surface area contributed by atoms with Crippen molar-refractivity contribution in [2.24, 2.45) is 0 Å². The van der Waals surface area contributed by atoms with E-state index in [1.165, 1.54) is 18.2 Å². The van der Waals surface area contributed by atoms with E-state index in [4.69, 9.17) is 16.3 Å². The van der Waals surface area contributed by atoms with Crippen LogP contribution in [0.4, 0.5) is 24.7 Å². The molecule has 22 heavy (non-hydrogen) atoms. The molecule has 0 saturated heterocycles. The van der Waals surface area contributed by atoms with Crippen molar-refractivity contribution in [3.8, 4) is 6.01 Å². The first-order valence-electron chi connectivity index (χ1n) is 6.39. The lowest BCUT2D eigenvalue weighted by Gasteiger charge is -2.11. The molecule has 0 spiro atoms. The van der Waals surface area contributed by atoms with Crippen LogP contribution in [-0.4, -0.2) is 16.1 Å². The van der Waals surface area contributed by atoms with Gasteiger partial charge in [-0.3, -0.25) is 0 Å². The minimum absolute atomic E-state index is 0.0944. The molecule has 0 saturated carbocycles. The zero-order valence-electron chi connectivity index (χ0n) is 11.8. The molecule has 0 aliphatic carbocycles. The summed E-state index contributed by atoms with van der Waals surface area (Å²) in [6.07, 6.45) is -4.49. The Morgan fingerprint density at radius 2 is 1.77 bits per heavy atom. The molecule has 0 atom stereocenters. The zero-order chi connectivity index (χ0) is 16.3. The number of nitrogens with zero attached hydrogens (tertiary/aromatic N) is 2. The Labute approximate surface area is 130 Å². The van der Waals surface area contributed by atoms with Crippen LogP contribution in [0.1, 0.15) is 19.4 Å². The van der Waals surface area contributed by atoms with Crippen molar-refractivity contribution in [3.63, 3.8) is 0 Å². The molecule has 0 amide bonds. The number of ether oxygens (including phenoxy) is 1. The largest absolute Gasteiger partial charge is 0.461 e. The van der Waals surface area contributed by atoms with Gasteiger partial charge in [0.1, 0.15) is 11.0 Å². The van der Waals surface area contributed by atoms with Crippen molar-refractivity contribution in [2.75, 3.05) is 5.32 Å². The Balaban J connectivity index is 2.18. The SMILES string of the molecule is CC(C)Oc1nc(Cl)cc(Nc2ccc(C(F)(F)F)cc2)n1. The Hall–Kier alpha value is -2.02. The Bertz CT molecular complexity index is 645. The molecule has 1 aromatic heterocycles. The molecule has 8 heteroatoms. The second kappa shape index (κ2) is 6.39. The fraction of sp³-hybridized carbons (Fsp3) is 0.286. The number of nitrogens with one attached hydrogen (secondary N) is 1. The highest BCUT2D eigenvalue weighted by molar-refractivity contribution is 6.29. The summed E-state index contributed by atoms with van der Waals surface area (Å²) in [4.78, 5) is 7.99. The summed E-state index contributed by atoms with van der Waals surface area (Å²) in [5, 5.41) is 3.02. The lowest BCUT2D eigenvalue weighted by Crippen LogP contribution is -2.09. The fourth-order valence-corrected chi connectivity index (χ4v) is 1.79. The van der Waals surface area contributed by atoms with Gasteiger partial charge in [-0.2, -0.15) is 23.1 Å². The van der Waals surface area contributed by atoms with E-state index in [2.05, 4.69) is 15.3 Å². The molecule has 2 rings (SSSR count). The second-order valence-electron chi connectivity index (χ2n) is 4.73. The van der Waals surface area contributed by atoms with Gasteiger partial charge in [-0.05, 0) is 38.1 Å². The minimum atomic E-state index is -4.37. The number of rotatable bonds is 4. The second-order valence-corrected chi connectivity index (χ2v) is 5.11. The van der Waals surface area contributed by atoms with Crippen LogP contribution in [0.15, 0.2) is 30.3 Å². The predicted octanol–water partition coefficient (Wildman–Crippen LogP) is 4.68. The molecule has 4 nitrogen and oxygen atoms in total. The predicted molar refractivity (Wildman–Crippen MR) is 77.5 cm³/mol. The first-order valence-corrected chi connectivity index (χ1v) is 6.77. The number of hydrogen-bond donors (Lipinski definition) is 1. The van der Waals surface area contributed by atoms with Gasteiger partial charge in [0.05, 0.1) is 11.7 Å². The monoisotopic (exact) mass is 331 g/mol. The lowest BCUT2D eigenvalue weighted by atomic mass is 10.2. The maximum atomic E-state index is 12.5. The molecular weight excluding hydrogens is 319 g/mol. The summed E-state index contributed by atoms with van der Waals surface area (Å²) in [6.45, 7) is 3.63. The van der Waals surface area contributed by atoms with Gasteiger partial charge in [0.25, 0.3) is 0 Å². The number of alkyl halides is 3. The highest BCUT2D eigenvalue weighted by atomic mass is 35.5. The van der Waals surface area contributed by atoms with Crippen molar-refractivity contribution in [2.45, 2.75) is 26.1 Å². The van der Waals surface area contributed by atoms with Crippen LogP contribution >= 0.6 is 11.6 Å². The van der Waals surface area contributed by atoms with Crippen molar-refractivity contribution in [3.05, 3.63) is 41.0 Å². The highest BCUT2D eigenvalue weighted by Crippen LogP contribution is 2.30. The number of hydrogen-bond acceptors (Lipinski definition) is 4. The smallest absolute Gasteiger partial charge is 0.416 e. The molecule has 1 N–H and O–H groups in total. The number of benzene rings is 1. The molecule has 0 aliphatic rings. The summed E-state index contributed by atoms with van der Waals surface area (Å²) in [5.74, 6) is 0.329. The van der Waals surface area contributed by atoms with Crippen molar-refractivity contribution in [1.29, 1.82) is 0 Å². The third kappa shape index (κ3) is 4.49. The fourth-order valence-electron chi connectivity index (χ4n) is 1.61. The molecular formula is C14H13ClF3N3O. The van der Waals surface area contributed by atoms with Crippen molar-refractivity contribution >= 4 is 23.1 Å². The summed E-state index contributed by atoms with van der Waals surface area (Å²) in [5.41, 5.74) is -0.277. The molecule has 2 aromatic rings. The maximum absolute atomic E-state index is 12.5. The van der Waals surface area contributed by atoms with E-state index < -0.39 is 11.7 Å². The third-order valence-electron chi connectivity index (χ3n) is 2.50. The first kappa shape index (κ1) is 16.4. The number of aromatic nitrogens is 2. The van der Waals surface area contributed by atoms with Gasteiger partial charge in [0.15, 0.2) is 0 Å². The number of halogens is 4. The quantitative estimate of drug-likeness (QED) is 0.826. The number of anilines is 2. The van der Waals surface area contributed by atoms with E-state index in [1.807, 2.05) is 13.8 Å². The summed E-state index contributed by atoms with van der Waals surface area (Å²) in [7, 11) is 0. The van der Waals surface area contributed by atoms with Gasteiger partial charge in [-0.15, -0.1) is 0 Å². The highest BCUT2D eigenvalue weighted by Gasteiger charge is 2.29. The molecule has 1 heterocycles. The molecule has 0 fully saturated rings.